The number of carbonyl (C=O) groups excluding carboxylic acids is 1. The fraction of sp³-hybridized carbons (Fsp3) is 0.281. The average molecular weight is 504 g/mol. The molecular weight excluding hydrogens is 470 g/mol. The SMILES string of the molecule is CC(Cc1ccc(C#N)cc1)(NC(=O)[C@H]1CCCN(C(c2ccccc2)c2ccccc2)C1)c1cnc[nH]1. The topological polar surface area (TPSA) is 84.8 Å². The first kappa shape index (κ1) is 25.4. The number of piperidine rings is 1. The molecule has 0 spiro atoms. The fourth-order valence-corrected chi connectivity index (χ4v) is 5.58. The number of hydrogen-bond donors (Lipinski definition) is 2. The molecule has 6 heteroatoms. The summed E-state index contributed by atoms with van der Waals surface area (Å²) in [5, 5.41) is 12.5. The molecule has 192 valence electrons. The first-order chi connectivity index (χ1) is 18.6. The number of aromatic nitrogens is 2. The van der Waals surface area contributed by atoms with Crippen molar-refractivity contribution in [1.29, 1.82) is 5.26 Å². The summed E-state index contributed by atoms with van der Waals surface area (Å²) in [6.45, 7) is 3.67. The van der Waals surface area contributed by atoms with Gasteiger partial charge < -0.3 is 10.3 Å². The quantitative estimate of drug-likeness (QED) is 0.339. The number of nitriles is 1. The second-order valence-electron chi connectivity index (χ2n) is 10.3. The molecule has 38 heavy (non-hydrogen) atoms. The molecule has 2 atom stereocenters. The number of aromatic amines is 1. The third-order valence-corrected chi connectivity index (χ3v) is 7.55. The molecule has 1 amide bonds. The second-order valence-corrected chi connectivity index (χ2v) is 10.3. The van der Waals surface area contributed by atoms with Crippen molar-refractivity contribution in [1.82, 2.24) is 20.2 Å². The van der Waals surface area contributed by atoms with Crippen molar-refractivity contribution >= 4 is 5.91 Å². The number of nitrogens with zero attached hydrogens (tertiary/aromatic N) is 3. The smallest absolute Gasteiger partial charge is 0.225 e. The lowest BCUT2D eigenvalue weighted by Crippen LogP contribution is -2.51. The Hall–Kier alpha value is -4.21. The highest BCUT2D eigenvalue weighted by molar-refractivity contribution is 5.80. The van der Waals surface area contributed by atoms with Crippen molar-refractivity contribution in [2.75, 3.05) is 13.1 Å². The average Bonchev–Trinajstić information content (AvgIpc) is 3.51. The van der Waals surface area contributed by atoms with Crippen molar-refractivity contribution in [2.24, 2.45) is 5.92 Å². The molecule has 0 radical (unpaired) electrons. The van der Waals surface area contributed by atoms with Crippen LogP contribution >= 0.6 is 0 Å². The van der Waals surface area contributed by atoms with Gasteiger partial charge in [-0.25, -0.2) is 4.98 Å². The van der Waals surface area contributed by atoms with Crippen LogP contribution in [0.1, 0.15) is 53.8 Å². The lowest BCUT2D eigenvalue weighted by molar-refractivity contribution is -0.129. The molecular formula is C32H33N5O. The van der Waals surface area contributed by atoms with E-state index in [1.165, 1.54) is 11.1 Å². The number of rotatable bonds is 8. The van der Waals surface area contributed by atoms with E-state index in [-0.39, 0.29) is 17.9 Å². The van der Waals surface area contributed by atoms with Crippen molar-refractivity contribution in [3.05, 3.63) is 125 Å². The van der Waals surface area contributed by atoms with Gasteiger partial charge in [0.05, 0.1) is 47.3 Å². The molecule has 1 fully saturated rings. The van der Waals surface area contributed by atoms with Crippen LogP contribution in [-0.2, 0) is 16.8 Å². The molecule has 2 heterocycles. The Morgan fingerprint density at radius 1 is 1.08 bits per heavy atom. The Bertz CT molecular complexity index is 1320. The Morgan fingerprint density at radius 2 is 1.74 bits per heavy atom. The van der Waals surface area contributed by atoms with Gasteiger partial charge >= 0.3 is 0 Å². The molecule has 4 aromatic rings. The maximum atomic E-state index is 13.8. The standard InChI is InChI=1S/C32H33N5O/c1-32(29-21-34-23-35-29,19-24-14-16-25(20-33)17-15-24)36-31(38)28-13-8-18-37(22-28)30(26-9-4-2-5-10-26)27-11-6-3-7-12-27/h2-7,9-12,14-17,21,23,28,30H,8,13,18-19,22H2,1H3,(H,34,35)(H,36,38)/t28-,32?/m0/s1. The maximum absolute atomic E-state index is 13.8. The number of amides is 1. The number of nitrogens with one attached hydrogen (secondary N) is 2. The predicted molar refractivity (Wildman–Crippen MR) is 148 cm³/mol. The van der Waals surface area contributed by atoms with E-state index in [0.29, 0.717) is 18.5 Å². The van der Waals surface area contributed by atoms with Gasteiger partial charge in [-0.1, -0.05) is 72.8 Å². The maximum Gasteiger partial charge on any atom is 0.225 e. The molecule has 0 bridgehead atoms. The van der Waals surface area contributed by atoms with Crippen LogP contribution in [0.2, 0.25) is 0 Å². The van der Waals surface area contributed by atoms with Crippen molar-refractivity contribution < 1.29 is 4.79 Å². The minimum absolute atomic E-state index is 0.0559. The number of benzene rings is 3. The summed E-state index contributed by atoms with van der Waals surface area (Å²) in [6.07, 6.45) is 5.82. The highest BCUT2D eigenvalue weighted by Crippen LogP contribution is 2.33. The molecule has 1 unspecified atom stereocenters. The molecule has 2 N–H and O–H groups in total. The van der Waals surface area contributed by atoms with Gasteiger partial charge in [0.15, 0.2) is 0 Å². The van der Waals surface area contributed by atoms with Gasteiger partial charge in [0, 0.05) is 13.0 Å². The first-order valence-electron chi connectivity index (χ1n) is 13.2. The van der Waals surface area contributed by atoms with E-state index in [2.05, 4.69) is 74.8 Å². The van der Waals surface area contributed by atoms with Crippen LogP contribution in [0.5, 0.6) is 0 Å². The van der Waals surface area contributed by atoms with Crippen molar-refractivity contribution in [3.63, 3.8) is 0 Å². The zero-order valence-electron chi connectivity index (χ0n) is 21.7. The molecule has 1 saturated heterocycles. The van der Waals surface area contributed by atoms with E-state index in [0.717, 1.165) is 30.6 Å². The predicted octanol–water partition coefficient (Wildman–Crippen LogP) is 5.36. The molecule has 1 aliphatic heterocycles. The third-order valence-electron chi connectivity index (χ3n) is 7.55. The van der Waals surface area contributed by atoms with Crippen LogP contribution in [0.25, 0.3) is 0 Å². The normalized spacial score (nSPS) is 17.4. The minimum Gasteiger partial charge on any atom is -0.347 e. The zero-order chi connectivity index (χ0) is 26.4. The van der Waals surface area contributed by atoms with Crippen LogP contribution in [0.15, 0.2) is 97.5 Å². The molecule has 5 rings (SSSR count). The van der Waals surface area contributed by atoms with Gasteiger partial charge in [-0.05, 0) is 55.1 Å². The van der Waals surface area contributed by atoms with Crippen LogP contribution in [0, 0.1) is 17.2 Å². The Kier molecular flexibility index (Phi) is 7.67. The van der Waals surface area contributed by atoms with Gasteiger partial charge in [0.25, 0.3) is 0 Å². The van der Waals surface area contributed by atoms with Crippen molar-refractivity contribution in [2.45, 2.75) is 37.8 Å². The van der Waals surface area contributed by atoms with Gasteiger partial charge in [-0.3, -0.25) is 9.69 Å². The third kappa shape index (κ3) is 5.69. The fourth-order valence-electron chi connectivity index (χ4n) is 5.58. The highest BCUT2D eigenvalue weighted by Gasteiger charge is 2.36. The Balaban J connectivity index is 1.37. The molecule has 0 saturated carbocycles. The van der Waals surface area contributed by atoms with E-state index < -0.39 is 5.54 Å². The van der Waals surface area contributed by atoms with Crippen LogP contribution in [0.3, 0.4) is 0 Å². The molecule has 0 aliphatic carbocycles. The van der Waals surface area contributed by atoms with Crippen LogP contribution in [0.4, 0.5) is 0 Å². The van der Waals surface area contributed by atoms with Gasteiger partial charge in [0.2, 0.25) is 5.91 Å². The monoisotopic (exact) mass is 503 g/mol. The molecule has 6 nitrogen and oxygen atoms in total. The van der Waals surface area contributed by atoms with Gasteiger partial charge in [-0.15, -0.1) is 0 Å². The van der Waals surface area contributed by atoms with Crippen LogP contribution < -0.4 is 5.32 Å². The molecule has 1 aromatic heterocycles. The zero-order valence-corrected chi connectivity index (χ0v) is 21.7. The summed E-state index contributed by atoms with van der Waals surface area (Å²) in [6, 6.07) is 30.9. The second kappa shape index (κ2) is 11.5. The minimum atomic E-state index is -0.664. The highest BCUT2D eigenvalue weighted by atomic mass is 16.2. The molecule has 3 aromatic carbocycles. The summed E-state index contributed by atoms with van der Waals surface area (Å²) in [5.41, 5.74) is 4.33. The van der Waals surface area contributed by atoms with Gasteiger partial charge in [-0.2, -0.15) is 5.26 Å². The number of carbonyl (C=O) groups is 1. The Labute approximate surface area is 224 Å². The summed E-state index contributed by atoms with van der Waals surface area (Å²) < 4.78 is 0. The number of imidazole rings is 1. The first-order valence-corrected chi connectivity index (χ1v) is 13.2. The summed E-state index contributed by atoms with van der Waals surface area (Å²) in [5.74, 6) is -0.0674. The van der Waals surface area contributed by atoms with Crippen molar-refractivity contribution in [3.8, 4) is 6.07 Å². The van der Waals surface area contributed by atoms with Crippen LogP contribution in [-0.4, -0.2) is 33.9 Å². The molecule has 1 aliphatic rings. The number of H-pyrrole nitrogens is 1. The largest absolute Gasteiger partial charge is 0.347 e. The van der Waals surface area contributed by atoms with Gasteiger partial charge in [0.1, 0.15) is 0 Å². The lowest BCUT2D eigenvalue weighted by Gasteiger charge is -2.40. The van der Waals surface area contributed by atoms with E-state index in [1.54, 1.807) is 12.5 Å². The number of likely N-dealkylation sites (tertiary alicyclic amines) is 1. The number of hydrogen-bond acceptors (Lipinski definition) is 4. The summed E-state index contributed by atoms with van der Waals surface area (Å²) in [4.78, 5) is 23.7. The Morgan fingerprint density at radius 3 is 2.32 bits per heavy atom. The van der Waals surface area contributed by atoms with E-state index in [9.17, 15) is 4.79 Å². The summed E-state index contributed by atoms with van der Waals surface area (Å²) >= 11 is 0. The van der Waals surface area contributed by atoms with E-state index in [1.807, 2.05) is 43.3 Å². The lowest BCUT2D eigenvalue weighted by atomic mass is 9.87. The summed E-state index contributed by atoms with van der Waals surface area (Å²) in [7, 11) is 0. The van der Waals surface area contributed by atoms with E-state index >= 15 is 0 Å². The van der Waals surface area contributed by atoms with E-state index in [4.69, 9.17) is 5.26 Å².